The fourth-order valence-corrected chi connectivity index (χ4v) is 3.41. The largest absolute Gasteiger partial charge is 0.507 e. The predicted octanol–water partition coefficient (Wildman–Crippen LogP) is 6.07. The summed E-state index contributed by atoms with van der Waals surface area (Å²) in [5.74, 6) is 0.205. The third-order valence-electron chi connectivity index (χ3n) is 3.88. The van der Waals surface area contributed by atoms with Crippen LogP contribution in [0.3, 0.4) is 0 Å². The Bertz CT molecular complexity index is 1070. The monoisotopic (exact) mass is 364 g/mol. The zero-order valence-electron chi connectivity index (χ0n) is 13.1. The first-order valence-electron chi connectivity index (χ1n) is 7.67. The number of halogens is 1. The zero-order valence-corrected chi connectivity index (χ0v) is 14.6. The van der Waals surface area contributed by atoms with Gasteiger partial charge in [0.15, 0.2) is 0 Å². The lowest BCUT2D eigenvalue weighted by molar-refractivity contribution is 0.475. The van der Waals surface area contributed by atoms with E-state index in [1.165, 1.54) is 11.3 Å². The summed E-state index contributed by atoms with van der Waals surface area (Å²) in [5.41, 5.74) is 2.55. The Hall–Kier alpha value is -2.69. The number of thiazole rings is 1. The van der Waals surface area contributed by atoms with E-state index in [9.17, 15) is 5.11 Å². The number of nitrogens with zero attached hydrogens (tertiary/aromatic N) is 2. The van der Waals surface area contributed by atoms with Crippen LogP contribution in [0.1, 0.15) is 5.56 Å². The molecule has 0 saturated heterocycles. The van der Waals surface area contributed by atoms with Crippen LogP contribution < -0.4 is 0 Å². The van der Waals surface area contributed by atoms with Crippen LogP contribution in [-0.4, -0.2) is 16.3 Å². The van der Waals surface area contributed by atoms with Gasteiger partial charge in [-0.05, 0) is 29.0 Å². The van der Waals surface area contributed by atoms with Crippen molar-refractivity contribution in [1.82, 2.24) is 4.98 Å². The maximum Gasteiger partial charge on any atom is 0.209 e. The molecule has 0 amide bonds. The van der Waals surface area contributed by atoms with Gasteiger partial charge in [-0.25, -0.2) is 9.98 Å². The SMILES string of the molecule is Oc1ccc2ccccc2c1/C=N/c1nc(-c2ccc(Cl)cc2)cs1. The maximum absolute atomic E-state index is 10.2. The van der Waals surface area contributed by atoms with Gasteiger partial charge in [-0.2, -0.15) is 0 Å². The number of benzene rings is 3. The Kier molecular flexibility index (Phi) is 4.22. The van der Waals surface area contributed by atoms with Crippen LogP contribution in [0.2, 0.25) is 5.02 Å². The van der Waals surface area contributed by atoms with E-state index < -0.39 is 0 Å². The first-order chi connectivity index (χ1) is 12.2. The Balaban J connectivity index is 1.67. The smallest absolute Gasteiger partial charge is 0.209 e. The zero-order chi connectivity index (χ0) is 17.2. The number of phenolic OH excluding ortho intramolecular Hbond substituents is 1. The average Bonchev–Trinajstić information content (AvgIpc) is 3.10. The minimum Gasteiger partial charge on any atom is -0.507 e. The van der Waals surface area contributed by atoms with Crippen molar-refractivity contribution >= 4 is 45.1 Å². The molecule has 0 aliphatic rings. The Morgan fingerprint density at radius 3 is 2.64 bits per heavy atom. The number of hydrogen-bond acceptors (Lipinski definition) is 4. The molecule has 0 aliphatic heterocycles. The van der Waals surface area contributed by atoms with Crippen LogP contribution in [0.5, 0.6) is 5.75 Å². The van der Waals surface area contributed by atoms with Gasteiger partial charge < -0.3 is 5.11 Å². The van der Waals surface area contributed by atoms with Crippen LogP contribution in [0.15, 0.2) is 71.0 Å². The molecule has 0 bridgehead atoms. The van der Waals surface area contributed by atoms with Gasteiger partial charge in [-0.3, -0.25) is 0 Å². The van der Waals surface area contributed by atoms with E-state index >= 15 is 0 Å². The molecule has 1 aromatic heterocycles. The quantitative estimate of drug-likeness (QED) is 0.448. The van der Waals surface area contributed by atoms with Gasteiger partial charge in [0.25, 0.3) is 0 Å². The molecule has 0 unspecified atom stereocenters. The molecule has 0 saturated carbocycles. The minimum atomic E-state index is 0.205. The molecule has 0 fully saturated rings. The minimum absolute atomic E-state index is 0.205. The highest BCUT2D eigenvalue weighted by molar-refractivity contribution is 7.13. The number of aromatic hydroxyl groups is 1. The number of phenols is 1. The summed E-state index contributed by atoms with van der Waals surface area (Å²) in [6, 6.07) is 19.0. The second-order valence-corrected chi connectivity index (χ2v) is 6.77. The van der Waals surface area contributed by atoms with Crippen molar-refractivity contribution in [2.24, 2.45) is 4.99 Å². The number of fused-ring (bicyclic) bond motifs is 1. The summed E-state index contributed by atoms with van der Waals surface area (Å²) in [4.78, 5) is 8.98. The van der Waals surface area contributed by atoms with Crippen molar-refractivity contribution < 1.29 is 5.11 Å². The lowest BCUT2D eigenvalue weighted by Gasteiger charge is -2.04. The van der Waals surface area contributed by atoms with Crippen LogP contribution in [0.4, 0.5) is 5.13 Å². The lowest BCUT2D eigenvalue weighted by atomic mass is 10.0. The van der Waals surface area contributed by atoms with Gasteiger partial charge in [0.05, 0.1) is 5.69 Å². The van der Waals surface area contributed by atoms with E-state index in [4.69, 9.17) is 11.6 Å². The Labute approximate surface area is 153 Å². The molecular weight excluding hydrogens is 352 g/mol. The topological polar surface area (TPSA) is 45.5 Å². The van der Waals surface area contributed by atoms with E-state index in [2.05, 4.69) is 9.98 Å². The third-order valence-corrected chi connectivity index (χ3v) is 4.88. The molecule has 3 nitrogen and oxygen atoms in total. The molecule has 4 aromatic rings. The summed E-state index contributed by atoms with van der Waals surface area (Å²) in [6.45, 7) is 0. The molecule has 3 aromatic carbocycles. The molecule has 1 heterocycles. The van der Waals surface area contributed by atoms with E-state index in [-0.39, 0.29) is 5.75 Å². The van der Waals surface area contributed by atoms with Gasteiger partial charge >= 0.3 is 0 Å². The first kappa shape index (κ1) is 15.8. The first-order valence-corrected chi connectivity index (χ1v) is 8.93. The van der Waals surface area contributed by atoms with Gasteiger partial charge in [-0.15, -0.1) is 11.3 Å². The standard InChI is InChI=1S/C20H13ClN2OS/c21-15-8-5-14(6-9-15)18-12-25-20(23-18)22-11-17-16-4-2-1-3-13(16)7-10-19(17)24/h1-12,24H/b22-11+. The molecule has 0 atom stereocenters. The molecule has 0 aliphatic carbocycles. The maximum atomic E-state index is 10.2. The summed E-state index contributed by atoms with van der Waals surface area (Å²) in [5, 5.41) is 15.5. The highest BCUT2D eigenvalue weighted by atomic mass is 35.5. The second kappa shape index (κ2) is 6.67. The van der Waals surface area contributed by atoms with Crippen LogP contribution in [0, 0.1) is 0 Å². The van der Waals surface area contributed by atoms with Gasteiger partial charge in [0.1, 0.15) is 5.75 Å². The van der Waals surface area contributed by atoms with Crippen molar-refractivity contribution in [3.8, 4) is 17.0 Å². The normalized spacial score (nSPS) is 11.4. The fraction of sp³-hybridized carbons (Fsp3) is 0. The summed E-state index contributed by atoms with van der Waals surface area (Å²) >= 11 is 7.37. The average molecular weight is 365 g/mol. The Morgan fingerprint density at radius 1 is 1.00 bits per heavy atom. The number of rotatable bonds is 3. The number of hydrogen-bond donors (Lipinski definition) is 1. The van der Waals surface area contributed by atoms with Crippen molar-refractivity contribution in [1.29, 1.82) is 0 Å². The Morgan fingerprint density at radius 2 is 1.80 bits per heavy atom. The van der Waals surface area contributed by atoms with Gasteiger partial charge in [0, 0.05) is 27.7 Å². The highest BCUT2D eigenvalue weighted by Crippen LogP contribution is 2.29. The van der Waals surface area contributed by atoms with Crippen LogP contribution >= 0.6 is 22.9 Å². The number of aromatic nitrogens is 1. The molecule has 122 valence electrons. The van der Waals surface area contributed by atoms with E-state index in [1.54, 1.807) is 12.3 Å². The predicted molar refractivity (Wildman–Crippen MR) is 105 cm³/mol. The highest BCUT2D eigenvalue weighted by Gasteiger charge is 2.06. The van der Waals surface area contributed by atoms with Crippen LogP contribution in [0.25, 0.3) is 22.0 Å². The molecule has 0 radical (unpaired) electrons. The molecular formula is C20H13ClN2OS. The molecule has 25 heavy (non-hydrogen) atoms. The van der Waals surface area contributed by atoms with E-state index in [0.717, 1.165) is 22.0 Å². The molecule has 0 spiro atoms. The summed E-state index contributed by atoms with van der Waals surface area (Å²) in [7, 11) is 0. The van der Waals surface area contributed by atoms with Gasteiger partial charge in [-0.1, -0.05) is 54.1 Å². The van der Waals surface area contributed by atoms with E-state index in [1.807, 2.05) is 60.0 Å². The lowest BCUT2D eigenvalue weighted by Crippen LogP contribution is -1.85. The van der Waals surface area contributed by atoms with Crippen LogP contribution in [-0.2, 0) is 0 Å². The third kappa shape index (κ3) is 3.27. The fourth-order valence-electron chi connectivity index (χ4n) is 2.62. The van der Waals surface area contributed by atoms with Crippen molar-refractivity contribution in [3.05, 3.63) is 76.6 Å². The van der Waals surface area contributed by atoms with Crippen molar-refractivity contribution in [2.75, 3.05) is 0 Å². The second-order valence-electron chi connectivity index (χ2n) is 5.50. The molecule has 5 heteroatoms. The summed E-state index contributed by atoms with van der Waals surface area (Å²) < 4.78 is 0. The van der Waals surface area contributed by atoms with E-state index in [0.29, 0.717) is 15.7 Å². The van der Waals surface area contributed by atoms with Gasteiger partial charge in [0.2, 0.25) is 5.13 Å². The molecule has 1 N–H and O–H groups in total. The van der Waals surface area contributed by atoms with Crippen molar-refractivity contribution in [3.63, 3.8) is 0 Å². The number of aliphatic imine (C=N–C) groups is 1. The van der Waals surface area contributed by atoms with Crippen molar-refractivity contribution in [2.45, 2.75) is 0 Å². The molecule has 4 rings (SSSR count). The summed E-state index contributed by atoms with van der Waals surface area (Å²) in [6.07, 6.45) is 1.67.